The van der Waals surface area contributed by atoms with E-state index in [2.05, 4.69) is 5.32 Å². The number of aryl methyl sites for hydroxylation is 1. The Morgan fingerprint density at radius 2 is 2.06 bits per heavy atom. The molecule has 2 heterocycles. The smallest absolute Gasteiger partial charge is 0.218 e. The minimum atomic E-state index is -2.69. The predicted molar refractivity (Wildman–Crippen MR) is 77.4 cm³/mol. The fourth-order valence-electron chi connectivity index (χ4n) is 2.63. The molecule has 2 fully saturated rings. The van der Waals surface area contributed by atoms with Crippen LogP contribution in [0, 0.1) is 6.92 Å². The predicted octanol–water partition coefficient (Wildman–Crippen LogP) is 1.41. The maximum Gasteiger partial charge on any atom is 0.218 e. The lowest BCUT2D eigenvalue weighted by Crippen LogP contribution is -2.37. The average molecular weight is 283 g/mol. The molecule has 0 saturated carbocycles. The lowest BCUT2D eigenvalue weighted by atomic mass is 10.1. The molecule has 0 aliphatic carbocycles. The van der Waals surface area contributed by atoms with Crippen LogP contribution in [0.1, 0.15) is 5.56 Å². The van der Waals surface area contributed by atoms with E-state index in [1.165, 1.54) is 5.56 Å². The summed E-state index contributed by atoms with van der Waals surface area (Å²) in [5, 5.41) is 3.81. The highest BCUT2D eigenvalue weighted by molar-refractivity contribution is 7.98. The zero-order chi connectivity index (χ0) is 12.9. The van der Waals surface area contributed by atoms with Crippen molar-refractivity contribution in [2.45, 2.75) is 19.0 Å². The van der Waals surface area contributed by atoms with Gasteiger partial charge in [-0.2, -0.15) is 4.55 Å². The van der Waals surface area contributed by atoms with Gasteiger partial charge in [0.05, 0.1) is 0 Å². The Hall–Kier alpha value is -0.980. The monoisotopic (exact) mass is 283 g/mol. The Balaban J connectivity index is 1.94. The third-order valence-corrected chi connectivity index (χ3v) is 5.56. The molecular formula is C12H15N2O2S2+. The van der Waals surface area contributed by atoms with Crippen LogP contribution in [0.4, 0.5) is 5.69 Å². The molecule has 0 amide bonds. The summed E-state index contributed by atoms with van der Waals surface area (Å²) >= 11 is 5.33. The van der Waals surface area contributed by atoms with E-state index in [0.29, 0.717) is 16.6 Å². The first kappa shape index (κ1) is 12.1. The van der Waals surface area contributed by atoms with Crippen molar-refractivity contribution in [1.82, 2.24) is 5.32 Å². The Bertz CT molecular complexity index is 544. The lowest BCUT2D eigenvalue weighted by Gasteiger charge is -2.22. The minimum Gasteiger partial charge on any atom is -0.352 e. The maximum atomic E-state index is 11.8. The van der Waals surface area contributed by atoms with Crippen molar-refractivity contribution in [3.05, 3.63) is 29.8 Å². The molecule has 0 radical (unpaired) electrons. The molecule has 2 aliphatic rings. The standard InChI is InChI=1S/C12H14N2O2S2/c1-8-2-4-9(5-3-8)14-11-7-18(15,16)6-10(11)13-12(14)17/h2-5,10-11H,6-7H2,1H3,(H-,13,15,16,17)/p+1/t10-,11-/m1/s1. The number of thiocarbonyl (C=S) groups is 1. The van der Waals surface area contributed by atoms with Gasteiger partial charge in [-0.25, -0.2) is 0 Å². The van der Waals surface area contributed by atoms with Crippen molar-refractivity contribution in [2.75, 3.05) is 16.4 Å². The summed E-state index contributed by atoms with van der Waals surface area (Å²) < 4.78 is 21.5. The van der Waals surface area contributed by atoms with Crippen LogP contribution in [0.5, 0.6) is 0 Å². The highest BCUT2D eigenvalue weighted by Gasteiger charge is 2.54. The van der Waals surface area contributed by atoms with E-state index in [-0.39, 0.29) is 12.1 Å². The number of nitrogens with zero attached hydrogens (tertiary/aromatic N) is 1. The Morgan fingerprint density at radius 1 is 1.39 bits per heavy atom. The first-order valence-electron chi connectivity index (χ1n) is 5.85. The molecule has 0 spiro atoms. The number of rotatable bonds is 1. The fraction of sp³-hybridized carbons (Fsp3) is 0.417. The first-order valence-corrected chi connectivity index (χ1v) is 8.11. The molecule has 96 valence electrons. The third kappa shape index (κ3) is 1.94. The van der Waals surface area contributed by atoms with Gasteiger partial charge in [-0.1, -0.05) is 21.9 Å². The van der Waals surface area contributed by atoms with Gasteiger partial charge in [0.2, 0.25) is 10.2 Å². The van der Waals surface area contributed by atoms with Gasteiger partial charge >= 0.3 is 0 Å². The van der Waals surface area contributed by atoms with Gasteiger partial charge in [0.25, 0.3) is 0 Å². The molecule has 6 heteroatoms. The molecule has 2 aliphatic heterocycles. The van der Waals surface area contributed by atoms with Crippen molar-refractivity contribution < 1.29 is 8.76 Å². The third-order valence-electron chi connectivity index (χ3n) is 3.51. The number of hydrogen-bond donors (Lipinski definition) is 2. The molecule has 3 atom stereocenters. The number of hydrogen-bond acceptors (Lipinski definition) is 2. The van der Waals surface area contributed by atoms with Crippen molar-refractivity contribution in [2.24, 2.45) is 0 Å². The van der Waals surface area contributed by atoms with Crippen LogP contribution in [-0.4, -0.2) is 33.3 Å². The zero-order valence-corrected chi connectivity index (χ0v) is 11.6. The second-order valence-electron chi connectivity index (χ2n) is 4.93. The summed E-state index contributed by atoms with van der Waals surface area (Å²) in [5.74, 6) is 0.582. The number of benzene rings is 1. The Morgan fingerprint density at radius 3 is 2.72 bits per heavy atom. The first-order chi connectivity index (χ1) is 8.46. The number of anilines is 1. The van der Waals surface area contributed by atoms with E-state index in [0.717, 1.165) is 5.69 Å². The highest BCUT2D eigenvalue weighted by atomic mass is 32.3. The van der Waals surface area contributed by atoms with Gasteiger partial charge in [0.1, 0.15) is 12.1 Å². The second kappa shape index (κ2) is 4.01. The highest BCUT2D eigenvalue weighted by Crippen LogP contribution is 2.31. The van der Waals surface area contributed by atoms with Gasteiger partial charge in [0, 0.05) is 5.69 Å². The summed E-state index contributed by atoms with van der Waals surface area (Å²) in [7, 11) is -2.69. The summed E-state index contributed by atoms with van der Waals surface area (Å²) in [6, 6.07) is 8.05. The van der Waals surface area contributed by atoms with Crippen molar-refractivity contribution in [1.29, 1.82) is 0 Å². The largest absolute Gasteiger partial charge is 0.352 e. The van der Waals surface area contributed by atoms with Crippen molar-refractivity contribution in [3.8, 4) is 0 Å². The SMILES string of the molecule is Cc1ccc(N2C(=S)N[C@@H]3C[S+](=O)(O)C[C@H]32)cc1. The summed E-state index contributed by atoms with van der Waals surface area (Å²) in [6.07, 6.45) is 0. The van der Waals surface area contributed by atoms with Gasteiger partial charge < -0.3 is 10.2 Å². The minimum absolute atomic E-state index is 0.00212. The van der Waals surface area contributed by atoms with Crippen LogP contribution < -0.4 is 10.2 Å². The molecular weight excluding hydrogens is 268 g/mol. The molecule has 3 rings (SSSR count). The molecule has 4 nitrogen and oxygen atoms in total. The number of nitrogens with one attached hydrogen (secondary N) is 1. The molecule has 2 saturated heterocycles. The Kier molecular flexibility index (Phi) is 2.69. The maximum absolute atomic E-state index is 11.8. The van der Waals surface area contributed by atoms with E-state index in [1.54, 1.807) is 0 Å². The molecule has 2 N–H and O–H groups in total. The van der Waals surface area contributed by atoms with Gasteiger partial charge in [0.15, 0.2) is 16.6 Å². The van der Waals surface area contributed by atoms with E-state index in [4.69, 9.17) is 12.2 Å². The van der Waals surface area contributed by atoms with E-state index >= 15 is 0 Å². The normalized spacial score (nSPS) is 34.6. The molecule has 0 bridgehead atoms. The summed E-state index contributed by atoms with van der Waals surface area (Å²) in [5.41, 5.74) is 2.17. The topological polar surface area (TPSA) is 52.6 Å². The second-order valence-corrected chi connectivity index (χ2v) is 7.53. The van der Waals surface area contributed by atoms with E-state index in [9.17, 15) is 8.76 Å². The van der Waals surface area contributed by atoms with Gasteiger partial charge in [-0.15, -0.1) is 0 Å². The van der Waals surface area contributed by atoms with Crippen molar-refractivity contribution in [3.63, 3.8) is 0 Å². The van der Waals surface area contributed by atoms with Crippen LogP contribution in [0.25, 0.3) is 0 Å². The molecule has 1 aromatic carbocycles. The van der Waals surface area contributed by atoms with Crippen LogP contribution in [-0.2, 0) is 14.4 Å². The summed E-state index contributed by atoms with van der Waals surface area (Å²) in [6.45, 7) is 2.03. The lowest BCUT2D eigenvalue weighted by molar-refractivity contribution is 0.502. The Labute approximate surface area is 113 Å². The number of fused-ring (bicyclic) bond motifs is 1. The van der Waals surface area contributed by atoms with Crippen LogP contribution in [0.3, 0.4) is 0 Å². The van der Waals surface area contributed by atoms with Crippen molar-refractivity contribution >= 4 is 33.2 Å². The van der Waals surface area contributed by atoms with Gasteiger partial charge in [-0.05, 0) is 31.3 Å². The molecule has 18 heavy (non-hydrogen) atoms. The van der Waals surface area contributed by atoms with Gasteiger partial charge in [-0.3, -0.25) is 0 Å². The summed E-state index contributed by atoms with van der Waals surface area (Å²) in [4.78, 5) is 1.97. The van der Waals surface area contributed by atoms with Crippen LogP contribution in [0.2, 0.25) is 0 Å². The van der Waals surface area contributed by atoms with E-state index < -0.39 is 10.2 Å². The quantitative estimate of drug-likeness (QED) is 0.603. The van der Waals surface area contributed by atoms with Crippen LogP contribution >= 0.6 is 12.2 Å². The molecule has 1 aromatic rings. The average Bonchev–Trinajstić information content (AvgIpc) is 2.70. The molecule has 1 unspecified atom stereocenters. The molecule has 0 aromatic heterocycles. The van der Waals surface area contributed by atoms with E-state index in [1.807, 2.05) is 36.1 Å². The van der Waals surface area contributed by atoms with Crippen LogP contribution in [0.15, 0.2) is 24.3 Å². The zero-order valence-electron chi connectivity index (χ0n) is 10.00. The fourth-order valence-corrected chi connectivity index (χ4v) is 4.94.